The quantitative estimate of drug-likeness (QED) is 0.825. The summed E-state index contributed by atoms with van der Waals surface area (Å²) in [4.78, 5) is 4.90. The Balaban J connectivity index is 1.45. The molecule has 0 saturated carbocycles. The van der Waals surface area contributed by atoms with Crippen molar-refractivity contribution in [1.82, 2.24) is 4.90 Å². The highest BCUT2D eigenvalue weighted by molar-refractivity contribution is 5.53. The van der Waals surface area contributed by atoms with Gasteiger partial charge in [0.1, 0.15) is 0 Å². The average Bonchev–Trinajstić information content (AvgIpc) is 2.62. The largest absolute Gasteiger partial charge is 0.398 e. The highest BCUT2D eigenvalue weighted by Gasteiger charge is 2.34. The molecule has 0 bridgehead atoms. The van der Waals surface area contributed by atoms with Crippen molar-refractivity contribution < 1.29 is 5.11 Å². The minimum absolute atomic E-state index is 0.178. The highest BCUT2D eigenvalue weighted by atomic mass is 16.3. The third-order valence-corrected chi connectivity index (χ3v) is 5.75. The summed E-state index contributed by atoms with van der Waals surface area (Å²) in [7, 11) is 0. The molecule has 4 rings (SSSR count). The van der Waals surface area contributed by atoms with Gasteiger partial charge in [0.25, 0.3) is 0 Å². The molecule has 3 N–H and O–H groups in total. The number of aliphatic hydroxyl groups is 1. The summed E-state index contributed by atoms with van der Waals surface area (Å²) in [5.74, 6) is 0. The van der Waals surface area contributed by atoms with Crippen molar-refractivity contribution in [3.8, 4) is 0 Å². The first-order chi connectivity index (χ1) is 12.1. The molecule has 1 saturated heterocycles. The first-order valence-electron chi connectivity index (χ1n) is 9.22. The monoisotopic (exact) mass is 337 g/mol. The molecule has 132 valence electrons. The molecule has 1 aliphatic heterocycles. The van der Waals surface area contributed by atoms with Gasteiger partial charge in [0.05, 0.1) is 6.10 Å². The van der Waals surface area contributed by atoms with E-state index in [0.29, 0.717) is 6.42 Å². The number of nitrogens with two attached hydrogens (primary N) is 1. The molecular weight excluding hydrogens is 310 g/mol. The van der Waals surface area contributed by atoms with Crippen molar-refractivity contribution in [2.75, 3.05) is 36.8 Å². The highest BCUT2D eigenvalue weighted by Crippen LogP contribution is 2.30. The summed E-state index contributed by atoms with van der Waals surface area (Å²) in [6.07, 6.45) is 1.26. The fourth-order valence-electron chi connectivity index (χ4n) is 4.31. The van der Waals surface area contributed by atoms with Gasteiger partial charge in [0.15, 0.2) is 0 Å². The smallest absolute Gasteiger partial charge is 0.0739 e. The topological polar surface area (TPSA) is 52.7 Å². The molecule has 0 amide bonds. The van der Waals surface area contributed by atoms with E-state index in [-0.39, 0.29) is 12.1 Å². The van der Waals surface area contributed by atoms with E-state index in [1.54, 1.807) is 0 Å². The number of anilines is 2. The van der Waals surface area contributed by atoms with Crippen LogP contribution in [0.2, 0.25) is 0 Å². The second-order valence-electron chi connectivity index (χ2n) is 7.39. The third-order valence-electron chi connectivity index (χ3n) is 5.75. The van der Waals surface area contributed by atoms with Crippen LogP contribution in [-0.2, 0) is 12.8 Å². The Labute approximate surface area is 149 Å². The number of nitrogen functional groups attached to an aromatic ring is 1. The second-order valence-corrected chi connectivity index (χ2v) is 7.39. The van der Waals surface area contributed by atoms with Crippen LogP contribution in [-0.4, -0.2) is 48.3 Å². The zero-order valence-corrected chi connectivity index (χ0v) is 14.9. The van der Waals surface area contributed by atoms with Crippen LogP contribution >= 0.6 is 0 Å². The van der Waals surface area contributed by atoms with Gasteiger partial charge in [-0.1, -0.05) is 24.3 Å². The second kappa shape index (κ2) is 6.70. The van der Waals surface area contributed by atoms with Gasteiger partial charge in [0, 0.05) is 50.0 Å². The van der Waals surface area contributed by atoms with Crippen molar-refractivity contribution in [1.29, 1.82) is 0 Å². The molecule has 1 aliphatic carbocycles. The van der Waals surface area contributed by atoms with Crippen molar-refractivity contribution in [3.05, 3.63) is 59.2 Å². The van der Waals surface area contributed by atoms with E-state index in [1.807, 2.05) is 12.1 Å². The Bertz CT molecular complexity index is 753. The van der Waals surface area contributed by atoms with Gasteiger partial charge >= 0.3 is 0 Å². The molecule has 2 aromatic carbocycles. The molecule has 0 radical (unpaired) electrons. The maximum atomic E-state index is 10.7. The van der Waals surface area contributed by atoms with Gasteiger partial charge < -0.3 is 15.7 Å². The number of aliphatic hydroxyl groups excluding tert-OH is 1. The fraction of sp³-hybridized carbons (Fsp3) is 0.429. The van der Waals surface area contributed by atoms with Gasteiger partial charge in [-0.25, -0.2) is 0 Å². The van der Waals surface area contributed by atoms with E-state index in [2.05, 4.69) is 47.1 Å². The normalized spacial score (nSPS) is 24.2. The lowest BCUT2D eigenvalue weighted by molar-refractivity contribution is 0.0397. The summed E-state index contributed by atoms with van der Waals surface area (Å²) in [5.41, 5.74) is 12.1. The molecule has 1 heterocycles. The molecule has 1 fully saturated rings. The Morgan fingerprint density at radius 3 is 2.52 bits per heavy atom. The average molecular weight is 337 g/mol. The van der Waals surface area contributed by atoms with Crippen LogP contribution in [0.15, 0.2) is 42.5 Å². The number of nitrogens with zero attached hydrogens (tertiary/aromatic N) is 2. The minimum atomic E-state index is -0.306. The zero-order valence-electron chi connectivity index (χ0n) is 14.9. The maximum Gasteiger partial charge on any atom is 0.0739 e. The van der Waals surface area contributed by atoms with Gasteiger partial charge in [-0.3, -0.25) is 4.90 Å². The first-order valence-corrected chi connectivity index (χ1v) is 9.22. The summed E-state index contributed by atoms with van der Waals surface area (Å²) >= 11 is 0. The molecule has 25 heavy (non-hydrogen) atoms. The van der Waals surface area contributed by atoms with E-state index < -0.39 is 0 Å². The minimum Gasteiger partial charge on any atom is -0.398 e. The Kier molecular flexibility index (Phi) is 4.40. The molecule has 4 heteroatoms. The Morgan fingerprint density at radius 1 is 1.00 bits per heavy atom. The number of fused-ring (bicyclic) bond motifs is 1. The third kappa shape index (κ3) is 3.24. The van der Waals surface area contributed by atoms with Crippen molar-refractivity contribution >= 4 is 11.4 Å². The molecule has 2 aliphatic rings. The van der Waals surface area contributed by atoms with Crippen LogP contribution in [0.3, 0.4) is 0 Å². The van der Waals surface area contributed by atoms with Crippen LogP contribution in [0.25, 0.3) is 0 Å². The summed E-state index contributed by atoms with van der Waals surface area (Å²) in [6, 6.07) is 14.9. The lowest BCUT2D eigenvalue weighted by atomic mass is 9.84. The predicted octanol–water partition coefficient (Wildman–Crippen LogP) is 2.23. The summed E-state index contributed by atoms with van der Waals surface area (Å²) in [5, 5.41) is 10.7. The van der Waals surface area contributed by atoms with Crippen LogP contribution in [0.1, 0.15) is 16.7 Å². The zero-order chi connectivity index (χ0) is 17.4. The van der Waals surface area contributed by atoms with Gasteiger partial charge in [0.2, 0.25) is 0 Å². The maximum absolute atomic E-state index is 10.7. The van der Waals surface area contributed by atoms with Crippen LogP contribution in [0, 0.1) is 6.92 Å². The number of piperazine rings is 1. The van der Waals surface area contributed by atoms with Crippen molar-refractivity contribution in [3.63, 3.8) is 0 Å². The number of hydrogen-bond acceptors (Lipinski definition) is 4. The predicted molar refractivity (Wildman–Crippen MR) is 103 cm³/mol. The summed E-state index contributed by atoms with van der Waals surface area (Å²) in [6.45, 7) is 6.11. The number of aryl methyl sites for hydroxylation is 1. The molecular formula is C21H27N3O. The van der Waals surface area contributed by atoms with E-state index in [9.17, 15) is 5.11 Å². The van der Waals surface area contributed by atoms with Gasteiger partial charge in [-0.05, 0) is 48.2 Å². The van der Waals surface area contributed by atoms with E-state index in [4.69, 9.17) is 5.73 Å². The van der Waals surface area contributed by atoms with Crippen LogP contribution in [0.4, 0.5) is 11.4 Å². The molecule has 4 nitrogen and oxygen atoms in total. The Morgan fingerprint density at radius 2 is 1.76 bits per heavy atom. The van der Waals surface area contributed by atoms with Crippen molar-refractivity contribution in [2.45, 2.75) is 31.9 Å². The molecule has 0 unspecified atom stereocenters. The van der Waals surface area contributed by atoms with Crippen LogP contribution < -0.4 is 10.6 Å². The molecule has 0 spiro atoms. The number of benzene rings is 2. The fourth-order valence-corrected chi connectivity index (χ4v) is 4.31. The summed E-state index contributed by atoms with van der Waals surface area (Å²) < 4.78 is 0. The number of hydrogen-bond donors (Lipinski definition) is 2. The lowest BCUT2D eigenvalue weighted by Gasteiger charge is -2.44. The molecule has 2 aromatic rings. The standard InChI is InChI=1S/C21H27N3O/c1-15-4-2-6-17(12-15)23-8-10-24(11-9-23)20-14-18-16(13-21(20)25)5-3-7-19(18)22/h2-7,12,20-21,25H,8-11,13-14,22H2,1H3/t20-,21-/m0/s1. The van der Waals surface area contributed by atoms with Gasteiger partial charge in [-0.15, -0.1) is 0 Å². The van der Waals surface area contributed by atoms with Crippen LogP contribution in [0.5, 0.6) is 0 Å². The number of rotatable bonds is 2. The van der Waals surface area contributed by atoms with E-state index in [1.165, 1.54) is 22.4 Å². The van der Waals surface area contributed by atoms with Gasteiger partial charge in [-0.2, -0.15) is 0 Å². The van der Waals surface area contributed by atoms with Crippen molar-refractivity contribution in [2.24, 2.45) is 0 Å². The van der Waals surface area contributed by atoms with E-state index >= 15 is 0 Å². The molecule has 0 aromatic heterocycles. The Hall–Kier alpha value is -2.04. The lowest BCUT2D eigenvalue weighted by Crippen LogP contribution is -2.56. The van der Waals surface area contributed by atoms with E-state index in [0.717, 1.165) is 38.3 Å². The molecule has 2 atom stereocenters. The first kappa shape index (κ1) is 16.4. The SMILES string of the molecule is Cc1cccc(N2CCN([C@H]3Cc4c(N)cccc4C[C@@H]3O)CC2)c1.